The van der Waals surface area contributed by atoms with E-state index >= 15 is 0 Å². The van der Waals surface area contributed by atoms with Crippen molar-refractivity contribution in [2.75, 3.05) is 69.1 Å². The Balaban J connectivity index is 1.32. The summed E-state index contributed by atoms with van der Waals surface area (Å²) in [6.45, 7) is 2.01. The molecular weight excluding hydrogens is 685 g/mol. The molecule has 0 radical (unpaired) electrons. The van der Waals surface area contributed by atoms with Gasteiger partial charge in [0.2, 0.25) is 0 Å². The molecule has 2 saturated heterocycles. The lowest BCUT2D eigenvalue weighted by Gasteiger charge is -2.39. The molecule has 1 amide bonds. The molecule has 3 aromatic rings. The average Bonchev–Trinajstić information content (AvgIpc) is 3.40. The maximum absolute atomic E-state index is 14.7. The number of halogens is 4. The van der Waals surface area contributed by atoms with Crippen LogP contribution < -0.4 is 20.7 Å². The van der Waals surface area contributed by atoms with Crippen molar-refractivity contribution in [3.05, 3.63) is 52.2 Å². The molecule has 2 aliphatic heterocycles. The van der Waals surface area contributed by atoms with Crippen LogP contribution in [0.2, 0.25) is 0 Å². The first kappa shape index (κ1) is 36.7. The van der Waals surface area contributed by atoms with Crippen molar-refractivity contribution < 1.29 is 40.2 Å². The van der Waals surface area contributed by atoms with E-state index in [0.717, 1.165) is 37.7 Å². The van der Waals surface area contributed by atoms with Crippen LogP contribution in [0.1, 0.15) is 46.5 Å². The van der Waals surface area contributed by atoms with E-state index in [1.807, 2.05) is 6.07 Å². The Morgan fingerprint density at radius 3 is 2.49 bits per heavy atom. The standard InChI is InChI=1S/C34H40F4N4O5S2/c1-39-33(43)25-19-30(47-16-15-46-2)29(20-27(25)35)40-12-4-7-31-26(21-34(36,37)38)24-5-3-6-28(32(24)48-31)41-22-8-13-42(14-9-22)23-10-17-49(44,45)18-11-23/h3,5-6,19-20,22-23,40-41H,8-18,21H2,1-2H3,(H,39,43). The summed E-state index contributed by atoms with van der Waals surface area (Å²) in [4.78, 5) is 14.8. The van der Waals surface area contributed by atoms with Gasteiger partial charge in [0.25, 0.3) is 5.91 Å². The molecule has 15 heteroatoms. The fourth-order valence-corrected chi connectivity index (χ4v) is 8.89. The predicted molar refractivity (Wildman–Crippen MR) is 184 cm³/mol. The van der Waals surface area contributed by atoms with Crippen LogP contribution in [0.25, 0.3) is 10.1 Å². The highest BCUT2D eigenvalue weighted by atomic mass is 32.2. The minimum absolute atomic E-state index is 0.0320. The van der Waals surface area contributed by atoms with Crippen LogP contribution in [0.4, 0.5) is 28.9 Å². The fourth-order valence-electron chi connectivity index (χ4n) is 6.25. The van der Waals surface area contributed by atoms with E-state index in [1.54, 1.807) is 12.1 Å². The summed E-state index contributed by atoms with van der Waals surface area (Å²) >= 11 is 1.20. The zero-order chi connectivity index (χ0) is 35.2. The number of carbonyl (C=O) groups excluding carboxylic acids is 1. The predicted octanol–water partition coefficient (Wildman–Crippen LogP) is 5.45. The molecule has 5 rings (SSSR count). The molecular formula is C34H40F4N4O5S2. The van der Waals surface area contributed by atoms with Crippen molar-refractivity contribution in [1.29, 1.82) is 0 Å². The SMILES string of the molecule is CNC(=O)c1cc(OCCOC)c(NCC#Cc2sc3c(NC4CCN(C5CCS(=O)(=O)CC5)CC4)cccc3c2CC(F)(F)F)cc1F. The molecule has 0 aliphatic carbocycles. The number of carbonyl (C=O) groups is 1. The molecule has 2 fully saturated rings. The third-order valence-corrected chi connectivity index (χ3v) is 11.7. The number of methoxy groups -OCH3 is 1. The van der Waals surface area contributed by atoms with E-state index in [0.29, 0.717) is 27.8 Å². The van der Waals surface area contributed by atoms with E-state index in [2.05, 4.69) is 32.7 Å². The zero-order valence-electron chi connectivity index (χ0n) is 27.3. The molecule has 9 nitrogen and oxygen atoms in total. The van der Waals surface area contributed by atoms with Gasteiger partial charge >= 0.3 is 6.18 Å². The molecule has 2 aliphatic rings. The Morgan fingerprint density at radius 2 is 1.82 bits per heavy atom. The Morgan fingerprint density at radius 1 is 1.08 bits per heavy atom. The van der Waals surface area contributed by atoms with Gasteiger partial charge in [0.15, 0.2) is 0 Å². The minimum Gasteiger partial charge on any atom is -0.489 e. The largest absolute Gasteiger partial charge is 0.489 e. The van der Waals surface area contributed by atoms with Gasteiger partial charge in [-0.2, -0.15) is 13.2 Å². The van der Waals surface area contributed by atoms with Gasteiger partial charge in [-0.15, -0.1) is 11.3 Å². The van der Waals surface area contributed by atoms with Crippen LogP contribution in [-0.4, -0.2) is 96.0 Å². The maximum atomic E-state index is 14.7. The van der Waals surface area contributed by atoms with Crippen molar-refractivity contribution in [3.8, 4) is 17.6 Å². The highest BCUT2D eigenvalue weighted by Crippen LogP contribution is 2.39. The van der Waals surface area contributed by atoms with Crippen LogP contribution in [0.15, 0.2) is 30.3 Å². The van der Waals surface area contributed by atoms with Gasteiger partial charge in [-0.25, -0.2) is 12.8 Å². The lowest BCUT2D eigenvalue weighted by atomic mass is 10.00. The second-order valence-corrected chi connectivity index (χ2v) is 15.4. The Kier molecular flexibility index (Phi) is 12.0. The summed E-state index contributed by atoms with van der Waals surface area (Å²) in [6, 6.07) is 8.07. The number of ether oxygens (including phenoxy) is 2. The monoisotopic (exact) mass is 724 g/mol. The fraction of sp³-hybridized carbons (Fsp3) is 0.500. The van der Waals surface area contributed by atoms with Gasteiger partial charge in [0.1, 0.15) is 28.0 Å². The van der Waals surface area contributed by atoms with Gasteiger partial charge in [-0.05, 0) is 48.8 Å². The first-order chi connectivity index (χ1) is 23.4. The molecule has 49 heavy (non-hydrogen) atoms. The van der Waals surface area contributed by atoms with Crippen LogP contribution in [0, 0.1) is 17.7 Å². The topological polar surface area (TPSA) is 109 Å². The number of sulfone groups is 1. The number of hydrogen-bond acceptors (Lipinski definition) is 9. The van der Waals surface area contributed by atoms with Crippen molar-refractivity contribution in [1.82, 2.24) is 10.2 Å². The number of amides is 1. The summed E-state index contributed by atoms with van der Waals surface area (Å²) in [6.07, 6.45) is -2.61. The molecule has 0 saturated carbocycles. The third kappa shape index (κ3) is 9.56. The molecule has 0 spiro atoms. The van der Waals surface area contributed by atoms with E-state index in [-0.39, 0.29) is 65.9 Å². The van der Waals surface area contributed by atoms with Gasteiger partial charge < -0.3 is 30.3 Å². The lowest BCUT2D eigenvalue weighted by Crippen LogP contribution is -2.47. The highest BCUT2D eigenvalue weighted by Gasteiger charge is 2.33. The summed E-state index contributed by atoms with van der Waals surface area (Å²) in [5, 5.41) is 9.39. The number of nitrogens with zero attached hydrogens (tertiary/aromatic N) is 1. The number of benzene rings is 2. The lowest BCUT2D eigenvalue weighted by molar-refractivity contribution is -0.126. The highest BCUT2D eigenvalue weighted by molar-refractivity contribution is 7.91. The van der Waals surface area contributed by atoms with Crippen LogP contribution in [-0.2, 0) is 21.0 Å². The molecule has 266 valence electrons. The van der Waals surface area contributed by atoms with Crippen LogP contribution in [0.3, 0.4) is 0 Å². The summed E-state index contributed by atoms with van der Waals surface area (Å²) in [7, 11) is -0.0459. The second kappa shape index (κ2) is 16.0. The van der Waals surface area contributed by atoms with E-state index in [4.69, 9.17) is 9.47 Å². The number of fused-ring (bicyclic) bond motifs is 1. The molecule has 0 bridgehead atoms. The zero-order valence-corrected chi connectivity index (χ0v) is 29.0. The van der Waals surface area contributed by atoms with E-state index in [9.17, 15) is 30.8 Å². The number of hydrogen-bond donors (Lipinski definition) is 3. The van der Waals surface area contributed by atoms with Gasteiger partial charge in [-0.3, -0.25) is 4.79 Å². The first-order valence-corrected chi connectivity index (χ1v) is 18.7. The smallest absolute Gasteiger partial charge is 0.393 e. The number of rotatable bonds is 11. The van der Waals surface area contributed by atoms with Gasteiger partial charge in [0.05, 0.1) is 57.6 Å². The van der Waals surface area contributed by atoms with E-state index < -0.39 is 34.2 Å². The summed E-state index contributed by atoms with van der Waals surface area (Å²) in [5.74, 6) is 5.05. The number of thiophene rings is 1. The van der Waals surface area contributed by atoms with Crippen LogP contribution in [0.5, 0.6) is 5.75 Å². The van der Waals surface area contributed by atoms with Gasteiger partial charge in [0, 0.05) is 45.4 Å². The molecule has 2 aromatic carbocycles. The average molecular weight is 725 g/mol. The number of anilines is 2. The number of nitrogens with one attached hydrogen (secondary N) is 3. The Bertz CT molecular complexity index is 1800. The number of piperidine rings is 1. The maximum Gasteiger partial charge on any atom is 0.393 e. The number of alkyl halides is 3. The molecule has 1 aromatic heterocycles. The van der Waals surface area contributed by atoms with E-state index in [1.165, 1.54) is 31.6 Å². The van der Waals surface area contributed by atoms with Crippen LogP contribution >= 0.6 is 11.3 Å². The van der Waals surface area contributed by atoms with Gasteiger partial charge in [-0.1, -0.05) is 24.0 Å². The van der Waals surface area contributed by atoms with Crippen molar-refractivity contribution in [2.24, 2.45) is 0 Å². The van der Waals surface area contributed by atoms with Crippen molar-refractivity contribution in [3.63, 3.8) is 0 Å². The molecule has 0 unspecified atom stereocenters. The molecule has 3 N–H and O–H groups in total. The molecule has 3 heterocycles. The second-order valence-electron chi connectivity index (χ2n) is 12.1. The summed E-state index contributed by atoms with van der Waals surface area (Å²) < 4.78 is 91.1. The first-order valence-electron chi connectivity index (χ1n) is 16.1. The normalized spacial score (nSPS) is 17.3. The van der Waals surface area contributed by atoms with Crippen molar-refractivity contribution >= 4 is 48.5 Å². The molecule has 0 atom stereocenters. The summed E-state index contributed by atoms with van der Waals surface area (Å²) in [5.41, 5.74) is 0.887. The van der Waals surface area contributed by atoms with Crippen molar-refractivity contribution in [2.45, 2.75) is 50.4 Å². The third-order valence-electron chi connectivity index (χ3n) is 8.78. The Labute approximate surface area is 287 Å². The quantitative estimate of drug-likeness (QED) is 0.136. The number of likely N-dealkylation sites (tertiary alicyclic amines) is 1. The Hall–Kier alpha value is -3.58. The minimum atomic E-state index is -4.45.